The number of alkyl halides is 3. The van der Waals surface area contributed by atoms with Crippen LogP contribution in [0.1, 0.15) is 36.6 Å². The molecule has 0 saturated carbocycles. The molecule has 1 saturated heterocycles. The second-order valence-corrected chi connectivity index (χ2v) is 7.99. The largest absolute Gasteiger partial charge is 0.454 e. The molecule has 6 nitrogen and oxygen atoms in total. The van der Waals surface area contributed by atoms with E-state index < -0.39 is 11.9 Å². The molecule has 0 aliphatic carbocycles. The number of piperidine rings is 1. The van der Waals surface area contributed by atoms with Gasteiger partial charge in [-0.2, -0.15) is 13.2 Å². The number of nitrogens with one attached hydrogen (secondary N) is 1. The number of carbonyl (C=O) groups is 1. The fourth-order valence-corrected chi connectivity index (χ4v) is 3.76. The lowest BCUT2D eigenvalue weighted by Crippen LogP contribution is -2.35. The monoisotopic (exact) mass is 435 g/mol. The number of anilines is 1. The van der Waals surface area contributed by atoms with Gasteiger partial charge in [-0.1, -0.05) is 19.1 Å². The van der Waals surface area contributed by atoms with Crippen LogP contribution in [0.2, 0.25) is 0 Å². The van der Waals surface area contributed by atoms with Crippen LogP contribution in [0.15, 0.2) is 30.3 Å². The van der Waals surface area contributed by atoms with E-state index in [1.165, 1.54) is 6.07 Å². The Balaban J connectivity index is 1.46. The van der Waals surface area contributed by atoms with Gasteiger partial charge in [0.1, 0.15) is 11.5 Å². The predicted molar refractivity (Wildman–Crippen MR) is 108 cm³/mol. The van der Waals surface area contributed by atoms with E-state index in [4.69, 9.17) is 9.47 Å². The van der Waals surface area contributed by atoms with E-state index in [-0.39, 0.29) is 25.7 Å². The lowest BCUT2D eigenvalue weighted by atomic mass is 9.99. The summed E-state index contributed by atoms with van der Waals surface area (Å²) < 4.78 is 50.2. The number of carbonyl (C=O) groups excluding carboxylic acids is 1. The molecule has 1 N–H and O–H groups in total. The Morgan fingerprint density at radius 1 is 1.16 bits per heavy atom. The Hall–Kier alpha value is -2.97. The molecule has 0 radical (unpaired) electrons. The first-order valence-corrected chi connectivity index (χ1v) is 10.3. The summed E-state index contributed by atoms with van der Waals surface area (Å²) in [5.74, 6) is 1.83. The number of halogens is 3. The standard InChI is InChI=1S/C22H24F3N3O3/c1-14-6-8-28(9-7-14)21-16(3-5-19(27-21)22(23,24)25)12-26-20(29)11-15-2-4-17-18(10-15)31-13-30-17/h2-5,10,14H,6-9,11-13H2,1H3,(H,26,29). The van der Waals surface area contributed by atoms with Crippen LogP contribution in [0, 0.1) is 5.92 Å². The maximum absolute atomic E-state index is 13.2. The van der Waals surface area contributed by atoms with Crippen LogP contribution in [0.25, 0.3) is 0 Å². The number of rotatable bonds is 5. The highest BCUT2D eigenvalue weighted by molar-refractivity contribution is 5.79. The van der Waals surface area contributed by atoms with Crippen LogP contribution in [0.4, 0.5) is 19.0 Å². The van der Waals surface area contributed by atoms with E-state index in [1.54, 1.807) is 18.2 Å². The van der Waals surface area contributed by atoms with E-state index in [2.05, 4.69) is 17.2 Å². The lowest BCUT2D eigenvalue weighted by molar-refractivity contribution is -0.141. The first-order chi connectivity index (χ1) is 14.8. The molecule has 1 amide bonds. The number of fused-ring (bicyclic) bond motifs is 1. The molecular weight excluding hydrogens is 411 g/mol. The van der Waals surface area contributed by atoms with Gasteiger partial charge < -0.3 is 19.7 Å². The highest BCUT2D eigenvalue weighted by atomic mass is 19.4. The third-order valence-corrected chi connectivity index (χ3v) is 5.61. The average molecular weight is 435 g/mol. The van der Waals surface area contributed by atoms with Crippen LogP contribution < -0.4 is 19.7 Å². The van der Waals surface area contributed by atoms with Gasteiger partial charge in [0.15, 0.2) is 11.5 Å². The van der Waals surface area contributed by atoms with E-state index in [9.17, 15) is 18.0 Å². The average Bonchev–Trinajstić information content (AvgIpc) is 3.20. The summed E-state index contributed by atoms with van der Waals surface area (Å²) in [4.78, 5) is 18.2. The molecule has 166 valence electrons. The second-order valence-electron chi connectivity index (χ2n) is 7.99. The lowest BCUT2D eigenvalue weighted by Gasteiger charge is -2.33. The molecule has 31 heavy (non-hydrogen) atoms. The van der Waals surface area contributed by atoms with Gasteiger partial charge in [0.25, 0.3) is 0 Å². The topological polar surface area (TPSA) is 63.7 Å². The van der Waals surface area contributed by atoms with Crippen molar-refractivity contribution < 1.29 is 27.4 Å². The molecule has 0 bridgehead atoms. The molecule has 0 atom stereocenters. The molecule has 1 fully saturated rings. The zero-order valence-electron chi connectivity index (χ0n) is 17.2. The Morgan fingerprint density at radius 2 is 1.90 bits per heavy atom. The molecule has 1 aromatic heterocycles. The fraction of sp³-hybridized carbons (Fsp3) is 0.455. The van der Waals surface area contributed by atoms with Crippen LogP contribution >= 0.6 is 0 Å². The first kappa shape index (κ1) is 21.3. The van der Waals surface area contributed by atoms with E-state index >= 15 is 0 Å². The molecule has 4 rings (SSSR count). The summed E-state index contributed by atoms with van der Waals surface area (Å²) in [5.41, 5.74) is 0.413. The minimum Gasteiger partial charge on any atom is -0.454 e. The van der Waals surface area contributed by atoms with Crippen LogP contribution in [-0.4, -0.2) is 30.8 Å². The molecule has 0 unspecified atom stereocenters. The van der Waals surface area contributed by atoms with Crippen molar-refractivity contribution in [1.29, 1.82) is 0 Å². The highest BCUT2D eigenvalue weighted by Crippen LogP contribution is 2.33. The van der Waals surface area contributed by atoms with Crippen molar-refractivity contribution >= 4 is 11.7 Å². The molecule has 3 heterocycles. The highest BCUT2D eigenvalue weighted by Gasteiger charge is 2.34. The number of hydrogen-bond donors (Lipinski definition) is 1. The maximum atomic E-state index is 13.2. The Kier molecular flexibility index (Phi) is 5.93. The van der Waals surface area contributed by atoms with Crippen LogP contribution in [0.5, 0.6) is 11.5 Å². The smallest absolute Gasteiger partial charge is 0.433 e. The van der Waals surface area contributed by atoms with Gasteiger partial charge in [0.2, 0.25) is 12.7 Å². The Bertz CT molecular complexity index is 957. The van der Waals surface area contributed by atoms with Crippen molar-refractivity contribution in [2.45, 2.75) is 38.9 Å². The third kappa shape index (κ3) is 5.03. The van der Waals surface area contributed by atoms with Crippen LogP contribution in [0.3, 0.4) is 0 Å². The van der Waals surface area contributed by atoms with Crippen molar-refractivity contribution in [3.63, 3.8) is 0 Å². The number of nitrogens with zero attached hydrogens (tertiary/aromatic N) is 2. The zero-order chi connectivity index (χ0) is 22.0. The fourth-order valence-electron chi connectivity index (χ4n) is 3.76. The normalized spacial score (nSPS) is 16.5. The SMILES string of the molecule is CC1CCN(c2nc(C(F)(F)F)ccc2CNC(=O)Cc2ccc3c(c2)OCO3)CC1. The number of amides is 1. The van der Waals surface area contributed by atoms with Gasteiger partial charge in [0.05, 0.1) is 6.42 Å². The van der Waals surface area contributed by atoms with Gasteiger partial charge in [-0.05, 0) is 42.5 Å². The van der Waals surface area contributed by atoms with Gasteiger partial charge in [-0.3, -0.25) is 4.79 Å². The summed E-state index contributed by atoms with van der Waals surface area (Å²) in [7, 11) is 0. The minimum absolute atomic E-state index is 0.107. The maximum Gasteiger partial charge on any atom is 0.433 e. The van der Waals surface area contributed by atoms with E-state index in [1.807, 2.05) is 4.90 Å². The number of benzene rings is 1. The van der Waals surface area contributed by atoms with Crippen molar-refractivity contribution in [3.8, 4) is 11.5 Å². The summed E-state index contributed by atoms with van der Waals surface area (Å²) in [5, 5.41) is 2.80. The Morgan fingerprint density at radius 3 is 2.65 bits per heavy atom. The van der Waals surface area contributed by atoms with Crippen molar-refractivity contribution in [3.05, 3.63) is 47.2 Å². The number of hydrogen-bond acceptors (Lipinski definition) is 5. The number of pyridine rings is 1. The first-order valence-electron chi connectivity index (χ1n) is 10.3. The van der Waals surface area contributed by atoms with Gasteiger partial charge in [-0.25, -0.2) is 4.98 Å². The molecule has 2 aliphatic heterocycles. The molecule has 2 aliphatic rings. The molecular formula is C22H24F3N3O3. The summed E-state index contributed by atoms with van der Waals surface area (Å²) in [6.07, 6.45) is -2.60. The van der Waals surface area contributed by atoms with Crippen molar-refractivity contribution in [2.24, 2.45) is 5.92 Å². The summed E-state index contributed by atoms with van der Waals surface area (Å²) in [6, 6.07) is 7.66. The summed E-state index contributed by atoms with van der Waals surface area (Å²) >= 11 is 0. The second kappa shape index (κ2) is 8.64. The van der Waals surface area contributed by atoms with E-state index in [0.29, 0.717) is 41.9 Å². The molecule has 9 heteroatoms. The van der Waals surface area contributed by atoms with Gasteiger partial charge in [-0.15, -0.1) is 0 Å². The summed E-state index contributed by atoms with van der Waals surface area (Å²) in [6.45, 7) is 3.69. The molecule has 1 aromatic carbocycles. The quantitative estimate of drug-likeness (QED) is 0.771. The zero-order valence-corrected chi connectivity index (χ0v) is 17.2. The number of aromatic nitrogens is 1. The van der Waals surface area contributed by atoms with E-state index in [0.717, 1.165) is 24.5 Å². The predicted octanol–water partition coefficient (Wildman–Crippen LogP) is 3.92. The Labute approximate surface area is 178 Å². The molecule has 2 aromatic rings. The molecule has 0 spiro atoms. The van der Waals surface area contributed by atoms with Crippen molar-refractivity contribution in [2.75, 3.05) is 24.8 Å². The minimum atomic E-state index is -4.51. The number of ether oxygens (including phenoxy) is 2. The van der Waals surface area contributed by atoms with Gasteiger partial charge >= 0.3 is 6.18 Å². The van der Waals surface area contributed by atoms with Crippen molar-refractivity contribution in [1.82, 2.24) is 10.3 Å². The third-order valence-electron chi connectivity index (χ3n) is 5.61. The van der Waals surface area contributed by atoms with Crippen LogP contribution in [-0.2, 0) is 23.9 Å². The van der Waals surface area contributed by atoms with Gasteiger partial charge in [0, 0.05) is 25.2 Å².